The highest BCUT2D eigenvalue weighted by Crippen LogP contribution is 2.24. The third-order valence-corrected chi connectivity index (χ3v) is 3.25. The van der Waals surface area contributed by atoms with Crippen LogP contribution in [0.4, 0.5) is 5.95 Å². The summed E-state index contributed by atoms with van der Waals surface area (Å²) < 4.78 is 2.01. The molecule has 1 heterocycles. The highest BCUT2D eigenvalue weighted by Gasteiger charge is 2.19. The molecule has 0 aromatic carbocycles. The molecular weight excluding hydrogens is 198 g/mol. The molecule has 1 aromatic rings. The molecule has 1 aromatic heterocycles. The van der Waals surface area contributed by atoms with E-state index in [0.29, 0.717) is 11.4 Å². The largest absolute Gasteiger partial charge is 0.353 e. The fraction of sp³-hybridized carbons (Fsp3) is 0.700. The highest BCUT2D eigenvalue weighted by molar-refractivity contribution is 6.20. The number of imidazole rings is 1. The van der Waals surface area contributed by atoms with Crippen LogP contribution in [-0.4, -0.2) is 21.0 Å². The van der Waals surface area contributed by atoms with Crippen molar-refractivity contribution < 1.29 is 0 Å². The molecule has 0 atom stereocenters. The molecule has 4 heteroatoms. The van der Waals surface area contributed by atoms with Crippen LogP contribution in [0.25, 0.3) is 0 Å². The summed E-state index contributed by atoms with van der Waals surface area (Å²) in [6.07, 6.45) is 8.31. The molecule has 0 spiro atoms. The van der Waals surface area contributed by atoms with Crippen LogP contribution in [0, 0.1) is 0 Å². The zero-order valence-corrected chi connectivity index (χ0v) is 9.17. The fourth-order valence-electron chi connectivity index (χ4n) is 1.88. The lowest BCUT2D eigenvalue weighted by Crippen LogP contribution is -2.27. The minimum Gasteiger partial charge on any atom is -0.353 e. The molecule has 0 radical (unpaired) electrons. The first-order chi connectivity index (χ1) is 6.75. The average molecular weight is 214 g/mol. The molecule has 0 saturated heterocycles. The minimum absolute atomic E-state index is 0.384. The summed E-state index contributed by atoms with van der Waals surface area (Å²) in [6.45, 7) is 0. The van der Waals surface area contributed by atoms with E-state index in [1.54, 1.807) is 0 Å². The molecule has 14 heavy (non-hydrogen) atoms. The summed E-state index contributed by atoms with van der Waals surface area (Å²) in [5.74, 6) is 0.961. The molecular formula is C10H16ClN3. The van der Waals surface area contributed by atoms with Gasteiger partial charge in [-0.25, -0.2) is 4.98 Å². The Bertz CT molecular complexity index is 289. The zero-order chi connectivity index (χ0) is 9.97. The number of halogens is 1. The Kier molecular flexibility index (Phi) is 2.96. The maximum Gasteiger partial charge on any atom is 0.202 e. The standard InChI is InChI=1S/C10H16ClN3/c1-14-7-6-12-10(14)13-9-4-2-8(11)3-5-9/h6-9H,2-5H2,1H3,(H,12,13). The van der Waals surface area contributed by atoms with Gasteiger partial charge in [-0.15, -0.1) is 11.6 Å². The summed E-state index contributed by atoms with van der Waals surface area (Å²) in [6, 6.07) is 0.547. The van der Waals surface area contributed by atoms with Gasteiger partial charge < -0.3 is 9.88 Å². The first-order valence-corrected chi connectivity index (χ1v) is 5.57. The first-order valence-electron chi connectivity index (χ1n) is 5.13. The lowest BCUT2D eigenvalue weighted by atomic mass is 9.95. The van der Waals surface area contributed by atoms with Crippen LogP contribution in [0.15, 0.2) is 12.4 Å². The van der Waals surface area contributed by atoms with Gasteiger partial charge in [0.1, 0.15) is 0 Å². The number of nitrogens with one attached hydrogen (secondary N) is 1. The number of hydrogen-bond donors (Lipinski definition) is 1. The summed E-state index contributed by atoms with van der Waals surface area (Å²) >= 11 is 6.05. The van der Waals surface area contributed by atoms with Gasteiger partial charge in [-0.3, -0.25) is 0 Å². The first kappa shape index (κ1) is 9.84. The van der Waals surface area contributed by atoms with E-state index in [4.69, 9.17) is 11.6 Å². The molecule has 0 unspecified atom stereocenters. The molecule has 1 N–H and O–H groups in total. The molecule has 0 bridgehead atoms. The van der Waals surface area contributed by atoms with Crippen molar-refractivity contribution in [3.8, 4) is 0 Å². The Balaban J connectivity index is 1.89. The van der Waals surface area contributed by atoms with Gasteiger partial charge in [0.05, 0.1) is 0 Å². The van der Waals surface area contributed by atoms with Crippen molar-refractivity contribution in [3.63, 3.8) is 0 Å². The van der Waals surface area contributed by atoms with E-state index < -0.39 is 0 Å². The van der Waals surface area contributed by atoms with E-state index in [1.807, 2.05) is 24.0 Å². The second-order valence-corrected chi connectivity index (χ2v) is 4.57. The molecule has 78 valence electrons. The Morgan fingerprint density at radius 1 is 1.43 bits per heavy atom. The van der Waals surface area contributed by atoms with Crippen molar-refractivity contribution in [1.82, 2.24) is 9.55 Å². The van der Waals surface area contributed by atoms with Crippen LogP contribution < -0.4 is 5.32 Å². The number of rotatable bonds is 2. The van der Waals surface area contributed by atoms with Crippen molar-refractivity contribution in [2.75, 3.05) is 5.32 Å². The minimum atomic E-state index is 0.384. The number of hydrogen-bond acceptors (Lipinski definition) is 2. The third-order valence-electron chi connectivity index (χ3n) is 2.81. The van der Waals surface area contributed by atoms with Crippen LogP contribution in [0.3, 0.4) is 0 Å². The number of nitrogens with zero attached hydrogens (tertiary/aromatic N) is 2. The number of aromatic nitrogens is 2. The van der Waals surface area contributed by atoms with Gasteiger partial charge in [0.25, 0.3) is 0 Å². The van der Waals surface area contributed by atoms with Crippen LogP contribution in [0.1, 0.15) is 25.7 Å². The van der Waals surface area contributed by atoms with Gasteiger partial charge in [0, 0.05) is 30.9 Å². The average Bonchev–Trinajstić information content (AvgIpc) is 2.56. The van der Waals surface area contributed by atoms with Crippen LogP contribution in [-0.2, 0) is 7.05 Å². The quantitative estimate of drug-likeness (QED) is 0.765. The Morgan fingerprint density at radius 2 is 2.14 bits per heavy atom. The van der Waals surface area contributed by atoms with Crippen molar-refractivity contribution in [2.24, 2.45) is 7.05 Å². The molecule has 3 nitrogen and oxygen atoms in total. The van der Waals surface area contributed by atoms with Crippen LogP contribution in [0.5, 0.6) is 0 Å². The molecule has 1 fully saturated rings. The lowest BCUT2D eigenvalue weighted by molar-refractivity contribution is 0.465. The van der Waals surface area contributed by atoms with E-state index >= 15 is 0 Å². The van der Waals surface area contributed by atoms with Gasteiger partial charge in [-0.1, -0.05) is 0 Å². The van der Waals surface area contributed by atoms with Crippen molar-refractivity contribution >= 4 is 17.5 Å². The highest BCUT2D eigenvalue weighted by atomic mass is 35.5. The SMILES string of the molecule is Cn1ccnc1NC1CCC(Cl)CC1. The lowest BCUT2D eigenvalue weighted by Gasteiger charge is -2.26. The Morgan fingerprint density at radius 3 is 2.71 bits per heavy atom. The van der Waals surface area contributed by atoms with Crippen molar-refractivity contribution in [3.05, 3.63) is 12.4 Å². The maximum absolute atomic E-state index is 6.05. The molecule has 1 saturated carbocycles. The van der Waals surface area contributed by atoms with E-state index in [-0.39, 0.29) is 0 Å². The Labute approximate surface area is 89.5 Å². The summed E-state index contributed by atoms with van der Waals surface area (Å²) in [7, 11) is 2.00. The predicted molar refractivity (Wildman–Crippen MR) is 58.7 cm³/mol. The smallest absolute Gasteiger partial charge is 0.202 e. The second-order valence-electron chi connectivity index (χ2n) is 3.95. The van der Waals surface area contributed by atoms with Gasteiger partial charge in [-0.2, -0.15) is 0 Å². The van der Waals surface area contributed by atoms with Crippen LogP contribution >= 0.6 is 11.6 Å². The molecule has 0 aliphatic heterocycles. The van der Waals surface area contributed by atoms with Crippen LogP contribution in [0.2, 0.25) is 0 Å². The predicted octanol–water partition coefficient (Wildman–Crippen LogP) is 2.38. The summed E-state index contributed by atoms with van der Waals surface area (Å²) in [5.41, 5.74) is 0. The van der Waals surface area contributed by atoms with Gasteiger partial charge >= 0.3 is 0 Å². The summed E-state index contributed by atoms with van der Waals surface area (Å²) in [4.78, 5) is 4.25. The third kappa shape index (κ3) is 2.21. The molecule has 0 amide bonds. The van der Waals surface area contributed by atoms with Gasteiger partial charge in [0.2, 0.25) is 5.95 Å². The Hall–Kier alpha value is -0.700. The number of alkyl halides is 1. The fourth-order valence-corrected chi connectivity index (χ4v) is 2.14. The van der Waals surface area contributed by atoms with E-state index in [9.17, 15) is 0 Å². The van der Waals surface area contributed by atoms with Crippen molar-refractivity contribution in [1.29, 1.82) is 0 Å². The van der Waals surface area contributed by atoms with Crippen molar-refractivity contribution in [2.45, 2.75) is 37.1 Å². The monoisotopic (exact) mass is 213 g/mol. The zero-order valence-electron chi connectivity index (χ0n) is 8.41. The normalized spacial score (nSPS) is 27.6. The number of aryl methyl sites for hydroxylation is 1. The second kappa shape index (κ2) is 4.22. The van der Waals surface area contributed by atoms with Gasteiger partial charge in [-0.05, 0) is 25.7 Å². The van der Waals surface area contributed by atoms with E-state index in [0.717, 1.165) is 31.6 Å². The molecule has 2 rings (SSSR count). The maximum atomic E-state index is 6.05. The molecule has 1 aliphatic rings. The van der Waals surface area contributed by atoms with E-state index in [1.165, 1.54) is 0 Å². The summed E-state index contributed by atoms with van der Waals surface area (Å²) in [5, 5.41) is 3.83. The van der Waals surface area contributed by atoms with E-state index in [2.05, 4.69) is 10.3 Å². The topological polar surface area (TPSA) is 29.9 Å². The van der Waals surface area contributed by atoms with Gasteiger partial charge in [0.15, 0.2) is 0 Å². The number of anilines is 1. The molecule has 1 aliphatic carbocycles.